The van der Waals surface area contributed by atoms with Gasteiger partial charge < -0.3 is 15.0 Å². The normalized spacial score (nSPS) is 25.0. The number of ether oxygens (including phenoxy) is 1. The van der Waals surface area contributed by atoms with Crippen LogP contribution < -0.4 is 10.1 Å². The fourth-order valence-corrected chi connectivity index (χ4v) is 4.65. The summed E-state index contributed by atoms with van der Waals surface area (Å²) in [5.74, 6) is 2.36. The van der Waals surface area contributed by atoms with Crippen LogP contribution in [0.15, 0.2) is 24.3 Å². The van der Waals surface area contributed by atoms with E-state index in [1.54, 1.807) is 0 Å². The minimum Gasteiger partial charge on any atom is -0.487 e. The molecule has 2 aliphatic heterocycles. The molecule has 0 bridgehead atoms. The van der Waals surface area contributed by atoms with Crippen molar-refractivity contribution in [2.24, 2.45) is 5.92 Å². The number of fused-ring (bicyclic) bond motifs is 1. The molecule has 4 rings (SSSR count). The molecule has 1 N–H and O–H groups in total. The van der Waals surface area contributed by atoms with Gasteiger partial charge in [-0.15, -0.1) is 0 Å². The van der Waals surface area contributed by atoms with Crippen LogP contribution in [0.1, 0.15) is 63.9 Å². The summed E-state index contributed by atoms with van der Waals surface area (Å²) in [6, 6.07) is 8.52. The molecular weight excluding hydrogens is 324 g/mol. The van der Waals surface area contributed by atoms with E-state index in [9.17, 15) is 4.79 Å². The maximum absolute atomic E-state index is 12.4. The smallest absolute Gasteiger partial charge is 0.220 e. The lowest BCUT2D eigenvalue weighted by molar-refractivity contribution is -0.122. The van der Waals surface area contributed by atoms with Gasteiger partial charge in [-0.3, -0.25) is 4.79 Å². The van der Waals surface area contributed by atoms with Crippen LogP contribution in [0.4, 0.5) is 0 Å². The van der Waals surface area contributed by atoms with Gasteiger partial charge in [0.2, 0.25) is 5.91 Å². The van der Waals surface area contributed by atoms with Crippen LogP contribution in [0.3, 0.4) is 0 Å². The van der Waals surface area contributed by atoms with Crippen molar-refractivity contribution in [3.63, 3.8) is 0 Å². The standard InChI is InChI=1S/C22H32N2O2/c1-16(2)23-21(25)13-18-14-22(26-20-6-4-3-5-19(18)20)9-11-24(12-10-22)15-17-7-8-17/h3-6,16-18H,7-15H2,1-2H3,(H,23,25)/t18-/m1/s1. The molecule has 1 atom stereocenters. The van der Waals surface area contributed by atoms with E-state index in [1.807, 2.05) is 19.9 Å². The lowest BCUT2D eigenvalue weighted by atomic mass is 9.76. The highest BCUT2D eigenvalue weighted by atomic mass is 16.5. The van der Waals surface area contributed by atoms with Crippen molar-refractivity contribution in [3.8, 4) is 5.75 Å². The molecule has 2 heterocycles. The number of benzene rings is 1. The van der Waals surface area contributed by atoms with E-state index in [-0.39, 0.29) is 23.5 Å². The zero-order valence-electron chi connectivity index (χ0n) is 16.2. The summed E-state index contributed by atoms with van der Waals surface area (Å²) >= 11 is 0. The summed E-state index contributed by atoms with van der Waals surface area (Å²) in [4.78, 5) is 15.0. The molecule has 142 valence electrons. The molecule has 1 saturated heterocycles. The predicted octanol–water partition coefficient (Wildman–Crippen LogP) is 3.71. The second-order valence-electron chi connectivity index (χ2n) is 8.89. The van der Waals surface area contributed by atoms with Crippen molar-refractivity contribution >= 4 is 5.91 Å². The van der Waals surface area contributed by atoms with Crippen LogP contribution >= 0.6 is 0 Å². The zero-order chi connectivity index (χ0) is 18.1. The monoisotopic (exact) mass is 356 g/mol. The van der Waals surface area contributed by atoms with Gasteiger partial charge >= 0.3 is 0 Å². The van der Waals surface area contributed by atoms with Gasteiger partial charge in [0, 0.05) is 38.0 Å². The SMILES string of the molecule is CC(C)NC(=O)C[C@@H]1CC2(CCN(CC3CC3)CC2)Oc2ccccc21. The number of piperidine rings is 1. The molecule has 0 aromatic heterocycles. The van der Waals surface area contributed by atoms with Gasteiger partial charge in [0.05, 0.1) is 0 Å². The minimum atomic E-state index is -0.0861. The van der Waals surface area contributed by atoms with Crippen molar-refractivity contribution in [2.75, 3.05) is 19.6 Å². The molecule has 0 radical (unpaired) electrons. The van der Waals surface area contributed by atoms with E-state index >= 15 is 0 Å². The molecule has 1 spiro atoms. The van der Waals surface area contributed by atoms with Gasteiger partial charge in [-0.05, 0) is 63.5 Å². The Kier molecular flexibility index (Phi) is 4.96. The number of carbonyl (C=O) groups is 1. The van der Waals surface area contributed by atoms with Crippen molar-refractivity contribution in [3.05, 3.63) is 29.8 Å². The number of likely N-dealkylation sites (tertiary alicyclic amines) is 1. The zero-order valence-corrected chi connectivity index (χ0v) is 16.2. The van der Waals surface area contributed by atoms with Crippen LogP contribution in [0.2, 0.25) is 0 Å². The molecule has 1 amide bonds. The van der Waals surface area contributed by atoms with Gasteiger partial charge in [-0.25, -0.2) is 0 Å². The second-order valence-corrected chi connectivity index (χ2v) is 8.89. The lowest BCUT2D eigenvalue weighted by Crippen LogP contribution is -2.51. The Bertz CT molecular complexity index is 645. The molecule has 2 fully saturated rings. The lowest BCUT2D eigenvalue weighted by Gasteiger charge is -2.47. The van der Waals surface area contributed by atoms with Crippen molar-refractivity contribution in [1.82, 2.24) is 10.2 Å². The maximum atomic E-state index is 12.4. The van der Waals surface area contributed by atoms with Crippen molar-refractivity contribution in [2.45, 2.75) is 69.9 Å². The summed E-state index contributed by atoms with van der Waals surface area (Å²) in [6.45, 7) is 7.57. The Morgan fingerprint density at radius 2 is 2.00 bits per heavy atom. The molecule has 4 heteroatoms. The summed E-state index contributed by atoms with van der Waals surface area (Å²) in [5.41, 5.74) is 1.12. The van der Waals surface area contributed by atoms with Crippen LogP contribution in [0.25, 0.3) is 0 Å². The number of hydrogen-bond donors (Lipinski definition) is 1. The Labute approximate surface area is 157 Å². The van der Waals surface area contributed by atoms with E-state index in [4.69, 9.17) is 4.74 Å². The van der Waals surface area contributed by atoms with Gasteiger partial charge in [0.15, 0.2) is 0 Å². The van der Waals surface area contributed by atoms with Gasteiger partial charge in [-0.1, -0.05) is 18.2 Å². The third-order valence-electron chi connectivity index (χ3n) is 6.17. The molecule has 4 nitrogen and oxygen atoms in total. The Morgan fingerprint density at radius 1 is 1.27 bits per heavy atom. The number of rotatable bonds is 5. The van der Waals surface area contributed by atoms with Crippen molar-refractivity contribution in [1.29, 1.82) is 0 Å². The first-order valence-corrected chi connectivity index (χ1v) is 10.3. The average molecular weight is 357 g/mol. The number of nitrogens with zero attached hydrogens (tertiary/aromatic N) is 1. The van der Waals surface area contributed by atoms with Crippen LogP contribution in [-0.2, 0) is 4.79 Å². The first-order valence-electron chi connectivity index (χ1n) is 10.3. The first-order chi connectivity index (χ1) is 12.5. The van der Waals surface area contributed by atoms with Gasteiger partial charge in [0.25, 0.3) is 0 Å². The van der Waals surface area contributed by atoms with Gasteiger partial charge in [0.1, 0.15) is 11.4 Å². The molecule has 26 heavy (non-hydrogen) atoms. The predicted molar refractivity (Wildman–Crippen MR) is 103 cm³/mol. The summed E-state index contributed by atoms with van der Waals surface area (Å²) in [6.07, 6.45) is 6.52. The highest BCUT2D eigenvalue weighted by molar-refractivity contribution is 5.77. The topological polar surface area (TPSA) is 41.6 Å². The number of amides is 1. The molecular formula is C22H32N2O2. The molecule has 1 aromatic rings. The third kappa shape index (κ3) is 4.06. The highest BCUT2D eigenvalue weighted by Crippen LogP contribution is 2.46. The average Bonchev–Trinajstić information content (AvgIpc) is 3.40. The third-order valence-corrected chi connectivity index (χ3v) is 6.17. The Morgan fingerprint density at radius 3 is 2.69 bits per heavy atom. The second kappa shape index (κ2) is 7.22. The number of nitrogens with one attached hydrogen (secondary N) is 1. The van der Waals surface area contributed by atoms with E-state index in [2.05, 4.69) is 28.4 Å². The quantitative estimate of drug-likeness (QED) is 0.874. The van der Waals surface area contributed by atoms with E-state index < -0.39 is 0 Å². The fourth-order valence-electron chi connectivity index (χ4n) is 4.65. The summed E-state index contributed by atoms with van der Waals surface area (Å²) < 4.78 is 6.56. The van der Waals surface area contributed by atoms with E-state index in [1.165, 1.54) is 24.9 Å². The van der Waals surface area contributed by atoms with Crippen LogP contribution in [0.5, 0.6) is 5.75 Å². The number of para-hydroxylation sites is 1. The molecule has 1 aliphatic carbocycles. The Hall–Kier alpha value is -1.55. The molecule has 3 aliphatic rings. The van der Waals surface area contributed by atoms with E-state index in [0.717, 1.165) is 44.0 Å². The van der Waals surface area contributed by atoms with Crippen molar-refractivity contribution < 1.29 is 9.53 Å². The molecule has 1 aromatic carbocycles. The van der Waals surface area contributed by atoms with Crippen LogP contribution in [-0.4, -0.2) is 42.1 Å². The Balaban J connectivity index is 1.47. The first kappa shape index (κ1) is 17.8. The van der Waals surface area contributed by atoms with Gasteiger partial charge in [-0.2, -0.15) is 0 Å². The molecule has 1 saturated carbocycles. The highest BCUT2D eigenvalue weighted by Gasteiger charge is 2.44. The summed E-state index contributed by atoms with van der Waals surface area (Å²) in [7, 11) is 0. The minimum absolute atomic E-state index is 0.0861. The fraction of sp³-hybridized carbons (Fsp3) is 0.682. The van der Waals surface area contributed by atoms with E-state index in [0.29, 0.717) is 6.42 Å². The largest absolute Gasteiger partial charge is 0.487 e. The molecule has 0 unspecified atom stereocenters. The maximum Gasteiger partial charge on any atom is 0.220 e. The summed E-state index contributed by atoms with van der Waals surface area (Å²) in [5, 5.41) is 3.06. The number of hydrogen-bond acceptors (Lipinski definition) is 3. The number of carbonyl (C=O) groups excluding carboxylic acids is 1. The van der Waals surface area contributed by atoms with Crippen LogP contribution in [0, 0.1) is 5.92 Å².